The first-order valence-electron chi connectivity index (χ1n) is 8.74. The third-order valence-electron chi connectivity index (χ3n) is 4.38. The van der Waals surface area contributed by atoms with Crippen LogP contribution in [0, 0.1) is 22.7 Å². The maximum atomic E-state index is 12.4. The van der Waals surface area contributed by atoms with Gasteiger partial charge in [0.1, 0.15) is 0 Å². The summed E-state index contributed by atoms with van der Waals surface area (Å²) in [5.41, 5.74) is 0.677. The van der Waals surface area contributed by atoms with Crippen LogP contribution in [0.25, 0.3) is 0 Å². The number of carbonyl (C=O) groups excluding carboxylic acids is 2. The second kappa shape index (κ2) is 10.2. The van der Waals surface area contributed by atoms with Crippen LogP contribution in [0.5, 0.6) is 0 Å². The quantitative estimate of drug-likeness (QED) is 0.732. The number of rotatable bonds is 7. The van der Waals surface area contributed by atoms with Gasteiger partial charge in [-0.1, -0.05) is 18.2 Å². The summed E-state index contributed by atoms with van der Waals surface area (Å²) in [6.07, 6.45) is 0.521. The van der Waals surface area contributed by atoms with E-state index in [0.717, 1.165) is 0 Å². The van der Waals surface area contributed by atoms with Crippen molar-refractivity contribution in [2.75, 3.05) is 45.8 Å². The van der Waals surface area contributed by atoms with Crippen LogP contribution in [0.4, 0.5) is 0 Å². The van der Waals surface area contributed by atoms with Gasteiger partial charge < -0.3 is 9.80 Å². The van der Waals surface area contributed by atoms with Gasteiger partial charge in [-0.2, -0.15) is 10.5 Å². The van der Waals surface area contributed by atoms with E-state index in [1.54, 1.807) is 21.9 Å². The molecule has 0 aromatic heterocycles. The molecule has 2 rings (SSSR count). The average Bonchev–Trinajstić information content (AvgIpc) is 2.68. The predicted octanol–water partition coefficient (Wildman–Crippen LogP) is 1.10. The summed E-state index contributed by atoms with van der Waals surface area (Å²) in [5, 5.41) is 17.4. The van der Waals surface area contributed by atoms with Crippen LogP contribution in [0.3, 0.4) is 0 Å². The molecule has 7 heteroatoms. The number of amides is 2. The number of hydrogen-bond donors (Lipinski definition) is 0. The third-order valence-corrected chi connectivity index (χ3v) is 4.38. The van der Waals surface area contributed by atoms with E-state index in [4.69, 9.17) is 10.5 Å². The summed E-state index contributed by atoms with van der Waals surface area (Å²) in [6.45, 7) is 3.38. The maximum absolute atomic E-state index is 12.4. The Balaban J connectivity index is 1.83. The van der Waals surface area contributed by atoms with Crippen LogP contribution < -0.4 is 0 Å². The topological polar surface area (TPSA) is 91.4 Å². The van der Waals surface area contributed by atoms with Crippen LogP contribution in [-0.4, -0.2) is 72.3 Å². The molecule has 1 fully saturated rings. The van der Waals surface area contributed by atoms with Gasteiger partial charge in [0.05, 0.1) is 31.5 Å². The molecule has 0 radical (unpaired) electrons. The molecule has 0 aliphatic carbocycles. The minimum absolute atomic E-state index is 0.0150. The Morgan fingerprint density at radius 3 is 2.08 bits per heavy atom. The molecule has 1 heterocycles. The number of benzene rings is 1. The lowest BCUT2D eigenvalue weighted by molar-refractivity contribution is -0.132. The molecule has 136 valence electrons. The Kier molecular flexibility index (Phi) is 7.60. The Bertz CT molecular complexity index is 666. The Hall–Kier alpha value is -2.90. The second-order valence-electron chi connectivity index (χ2n) is 6.13. The average molecular weight is 353 g/mol. The highest BCUT2D eigenvalue weighted by Crippen LogP contribution is 2.09. The molecule has 0 spiro atoms. The fourth-order valence-electron chi connectivity index (χ4n) is 2.89. The minimum atomic E-state index is -0.0710. The summed E-state index contributed by atoms with van der Waals surface area (Å²) in [4.78, 5) is 30.3. The number of hydrogen-bond acceptors (Lipinski definition) is 5. The molecule has 1 aliphatic heterocycles. The maximum Gasteiger partial charge on any atom is 0.253 e. The SMILES string of the molecule is N#CCCN(CCC#N)C(=O)CN1CCN(C(=O)c2ccccc2)CC1. The molecule has 26 heavy (non-hydrogen) atoms. The molecule has 1 saturated heterocycles. The highest BCUT2D eigenvalue weighted by Gasteiger charge is 2.24. The molecule has 1 aliphatic rings. The lowest BCUT2D eigenvalue weighted by atomic mass is 10.2. The number of nitrogens with zero attached hydrogens (tertiary/aromatic N) is 5. The van der Waals surface area contributed by atoms with Crippen molar-refractivity contribution < 1.29 is 9.59 Å². The lowest BCUT2D eigenvalue weighted by Crippen LogP contribution is -2.51. The molecule has 0 N–H and O–H groups in total. The molecule has 2 amide bonds. The lowest BCUT2D eigenvalue weighted by Gasteiger charge is -2.35. The van der Waals surface area contributed by atoms with Gasteiger partial charge in [-0.3, -0.25) is 14.5 Å². The van der Waals surface area contributed by atoms with Crippen LogP contribution in [0.15, 0.2) is 30.3 Å². The smallest absolute Gasteiger partial charge is 0.253 e. The van der Waals surface area contributed by atoms with E-state index in [1.807, 2.05) is 35.2 Å². The van der Waals surface area contributed by atoms with Crippen molar-refractivity contribution in [2.45, 2.75) is 12.8 Å². The molecule has 0 atom stereocenters. The predicted molar refractivity (Wildman–Crippen MR) is 95.8 cm³/mol. The Morgan fingerprint density at radius 2 is 1.54 bits per heavy atom. The van der Waals surface area contributed by atoms with Crippen LogP contribution in [0.2, 0.25) is 0 Å². The van der Waals surface area contributed by atoms with Crippen molar-refractivity contribution >= 4 is 11.8 Å². The highest BCUT2D eigenvalue weighted by atomic mass is 16.2. The molecule has 0 saturated carbocycles. The fraction of sp³-hybridized carbons (Fsp3) is 0.474. The van der Waals surface area contributed by atoms with Crippen molar-refractivity contribution in [2.24, 2.45) is 0 Å². The summed E-state index contributed by atoms with van der Waals surface area (Å²) in [5.74, 6) is -0.0559. The van der Waals surface area contributed by atoms with Crippen molar-refractivity contribution in [1.82, 2.24) is 14.7 Å². The number of piperazine rings is 1. The highest BCUT2D eigenvalue weighted by molar-refractivity contribution is 5.94. The normalized spacial score (nSPS) is 14.3. The first-order chi connectivity index (χ1) is 12.7. The van der Waals surface area contributed by atoms with E-state index in [9.17, 15) is 9.59 Å². The Morgan fingerprint density at radius 1 is 0.962 bits per heavy atom. The Labute approximate surface area is 154 Å². The molecule has 1 aromatic rings. The van der Waals surface area contributed by atoms with Crippen LogP contribution in [0.1, 0.15) is 23.2 Å². The van der Waals surface area contributed by atoms with E-state index in [-0.39, 0.29) is 31.2 Å². The van der Waals surface area contributed by atoms with Gasteiger partial charge in [-0.05, 0) is 12.1 Å². The van der Waals surface area contributed by atoms with Gasteiger partial charge >= 0.3 is 0 Å². The van der Waals surface area contributed by atoms with E-state index in [2.05, 4.69) is 0 Å². The van der Waals surface area contributed by atoms with Gasteiger partial charge in [0, 0.05) is 44.8 Å². The minimum Gasteiger partial charge on any atom is -0.340 e. The van der Waals surface area contributed by atoms with Crippen molar-refractivity contribution in [3.8, 4) is 12.1 Å². The molecular formula is C19H23N5O2. The monoisotopic (exact) mass is 353 g/mol. The molecule has 0 unspecified atom stereocenters. The van der Waals surface area contributed by atoms with E-state index in [0.29, 0.717) is 44.8 Å². The zero-order valence-electron chi connectivity index (χ0n) is 14.8. The van der Waals surface area contributed by atoms with Crippen LogP contribution >= 0.6 is 0 Å². The van der Waals surface area contributed by atoms with Gasteiger partial charge in [-0.15, -0.1) is 0 Å². The first-order valence-corrected chi connectivity index (χ1v) is 8.74. The number of carbonyl (C=O) groups is 2. The molecule has 0 bridgehead atoms. The first kappa shape index (κ1) is 19.4. The van der Waals surface area contributed by atoms with Gasteiger partial charge in [0.15, 0.2) is 0 Å². The molecule has 7 nitrogen and oxygen atoms in total. The summed E-state index contributed by atoms with van der Waals surface area (Å²) < 4.78 is 0. The summed E-state index contributed by atoms with van der Waals surface area (Å²) >= 11 is 0. The second-order valence-corrected chi connectivity index (χ2v) is 6.13. The van der Waals surface area contributed by atoms with Crippen LogP contribution in [-0.2, 0) is 4.79 Å². The zero-order chi connectivity index (χ0) is 18.8. The third kappa shape index (κ3) is 5.58. The van der Waals surface area contributed by atoms with Crippen molar-refractivity contribution in [1.29, 1.82) is 10.5 Å². The van der Waals surface area contributed by atoms with Gasteiger partial charge in [0.25, 0.3) is 5.91 Å². The van der Waals surface area contributed by atoms with E-state index >= 15 is 0 Å². The summed E-state index contributed by atoms with van der Waals surface area (Å²) in [7, 11) is 0. The number of nitriles is 2. The summed E-state index contributed by atoms with van der Waals surface area (Å²) in [6, 6.07) is 13.2. The van der Waals surface area contributed by atoms with E-state index in [1.165, 1.54) is 0 Å². The van der Waals surface area contributed by atoms with Gasteiger partial charge in [0.2, 0.25) is 5.91 Å². The van der Waals surface area contributed by atoms with Crippen molar-refractivity contribution in [3.05, 3.63) is 35.9 Å². The largest absolute Gasteiger partial charge is 0.340 e. The van der Waals surface area contributed by atoms with Crippen molar-refractivity contribution in [3.63, 3.8) is 0 Å². The molecule has 1 aromatic carbocycles. The van der Waals surface area contributed by atoms with E-state index < -0.39 is 0 Å². The standard InChI is InChI=1S/C19H23N5O2/c20-8-4-10-23(11-5-9-21)18(25)16-22-12-14-24(15-13-22)19(26)17-6-2-1-3-7-17/h1-3,6-7H,4-5,10-16H2. The van der Waals surface area contributed by atoms with Gasteiger partial charge in [-0.25, -0.2) is 0 Å². The zero-order valence-corrected chi connectivity index (χ0v) is 14.8. The molecular weight excluding hydrogens is 330 g/mol. The fourth-order valence-corrected chi connectivity index (χ4v) is 2.89.